The van der Waals surface area contributed by atoms with Crippen LogP contribution in [0.2, 0.25) is 0 Å². The quantitative estimate of drug-likeness (QED) is 0.711. The number of halogens is 3. The summed E-state index contributed by atoms with van der Waals surface area (Å²) in [7, 11) is 0. The Morgan fingerprint density at radius 3 is 2.37 bits per heavy atom. The molecule has 3 N–H and O–H groups in total. The number of carboxylic acid groups (broad SMARTS) is 2. The third-order valence-corrected chi connectivity index (χ3v) is 2.37. The monoisotopic (exact) mass is 280 g/mol. The standard InChI is InChI=1S/C8H10N2O2.C2HF3O2/c11-8(12)6-1-3-10-4-2-9-5-7(6)10;3-2(4,5)1(6)7/h1,3,9H,2,4-5H2,(H,11,12);(H,6,7). The molecule has 0 unspecified atom stereocenters. The van der Waals surface area contributed by atoms with Gasteiger partial charge in [0, 0.05) is 31.5 Å². The topological polar surface area (TPSA) is 91.6 Å². The molecule has 0 amide bonds. The molecule has 1 aromatic heterocycles. The lowest BCUT2D eigenvalue weighted by molar-refractivity contribution is -0.192. The van der Waals surface area contributed by atoms with Crippen LogP contribution in [0.3, 0.4) is 0 Å². The van der Waals surface area contributed by atoms with Crippen LogP contribution in [-0.4, -0.2) is 39.4 Å². The van der Waals surface area contributed by atoms with Crippen LogP contribution in [0.4, 0.5) is 13.2 Å². The molecule has 0 aliphatic carbocycles. The Morgan fingerprint density at radius 1 is 1.32 bits per heavy atom. The van der Waals surface area contributed by atoms with Gasteiger partial charge in [0.15, 0.2) is 0 Å². The average Bonchev–Trinajstić information content (AvgIpc) is 2.72. The first-order valence-corrected chi connectivity index (χ1v) is 5.15. The fourth-order valence-electron chi connectivity index (χ4n) is 1.51. The molecule has 0 fully saturated rings. The van der Waals surface area contributed by atoms with Crippen molar-refractivity contribution in [3.63, 3.8) is 0 Å². The Hall–Kier alpha value is -2.03. The minimum Gasteiger partial charge on any atom is -0.478 e. The summed E-state index contributed by atoms with van der Waals surface area (Å²) >= 11 is 0. The number of nitrogens with one attached hydrogen (secondary N) is 1. The van der Waals surface area contributed by atoms with Gasteiger partial charge in [-0.3, -0.25) is 0 Å². The molecule has 0 atom stereocenters. The van der Waals surface area contributed by atoms with Crippen molar-refractivity contribution in [2.24, 2.45) is 0 Å². The second kappa shape index (κ2) is 5.74. The molecule has 0 radical (unpaired) electrons. The fraction of sp³-hybridized carbons (Fsp3) is 0.400. The normalized spacial score (nSPS) is 14.1. The first kappa shape index (κ1) is 15.0. The van der Waals surface area contributed by atoms with Crippen molar-refractivity contribution < 1.29 is 33.0 Å². The summed E-state index contributed by atoms with van der Waals surface area (Å²) in [5.41, 5.74) is 1.30. The Labute approximate surface area is 105 Å². The van der Waals surface area contributed by atoms with Gasteiger partial charge in [0.1, 0.15) is 0 Å². The van der Waals surface area contributed by atoms with E-state index in [0.29, 0.717) is 12.1 Å². The van der Waals surface area contributed by atoms with Gasteiger partial charge in [-0.25, -0.2) is 9.59 Å². The lowest BCUT2D eigenvalue weighted by Crippen LogP contribution is -2.28. The van der Waals surface area contributed by atoms with Crippen LogP contribution in [0.5, 0.6) is 0 Å². The molecule has 0 saturated heterocycles. The predicted octanol–water partition coefficient (Wildman–Crippen LogP) is 0.923. The number of hydrogen-bond acceptors (Lipinski definition) is 3. The predicted molar refractivity (Wildman–Crippen MR) is 56.8 cm³/mol. The number of alkyl halides is 3. The minimum absolute atomic E-state index is 0.419. The molecule has 0 bridgehead atoms. The summed E-state index contributed by atoms with van der Waals surface area (Å²) in [6.45, 7) is 2.44. The Bertz CT molecular complexity index is 482. The van der Waals surface area contributed by atoms with Gasteiger partial charge in [0.25, 0.3) is 0 Å². The van der Waals surface area contributed by atoms with Gasteiger partial charge >= 0.3 is 18.1 Å². The number of nitrogens with zero attached hydrogens (tertiary/aromatic N) is 1. The Morgan fingerprint density at radius 2 is 1.89 bits per heavy atom. The lowest BCUT2D eigenvalue weighted by Gasteiger charge is -2.16. The van der Waals surface area contributed by atoms with Crippen molar-refractivity contribution >= 4 is 11.9 Å². The summed E-state index contributed by atoms with van der Waals surface area (Å²) < 4.78 is 33.7. The molecule has 19 heavy (non-hydrogen) atoms. The van der Waals surface area contributed by atoms with Crippen molar-refractivity contribution in [1.29, 1.82) is 0 Å². The highest BCUT2D eigenvalue weighted by Crippen LogP contribution is 2.13. The van der Waals surface area contributed by atoms with Gasteiger partial charge in [0.2, 0.25) is 0 Å². The number of fused-ring (bicyclic) bond motifs is 1. The van der Waals surface area contributed by atoms with E-state index in [-0.39, 0.29) is 0 Å². The van der Waals surface area contributed by atoms with E-state index in [0.717, 1.165) is 18.8 Å². The SMILES string of the molecule is O=C(O)C(F)(F)F.O=C(O)c1ccn2c1CNCC2. The second-order valence-corrected chi connectivity index (χ2v) is 3.65. The van der Waals surface area contributed by atoms with Gasteiger partial charge in [-0.2, -0.15) is 13.2 Å². The lowest BCUT2D eigenvalue weighted by atomic mass is 10.2. The number of carbonyl (C=O) groups is 2. The van der Waals surface area contributed by atoms with E-state index < -0.39 is 18.1 Å². The van der Waals surface area contributed by atoms with Gasteiger partial charge in [-0.05, 0) is 6.07 Å². The summed E-state index contributed by atoms with van der Waals surface area (Å²) in [4.78, 5) is 19.6. The van der Waals surface area contributed by atoms with Crippen LogP contribution in [0.25, 0.3) is 0 Å². The number of rotatable bonds is 1. The van der Waals surface area contributed by atoms with Crippen LogP contribution in [-0.2, 0) is 17.9 Å². The molecule has 0 aromatic carbocycles. The van der Waals surface area contributed by atoms with E-state index in [4.69, 9.17) is 15.0 Å². The van der Waals surface area contributed by atoms with E-state index in [1.165, 1.54) is 0 Å². The maximum atomic E-state index is 10.7. The second-order valence-electron chi connectivity index (χ2n) is 3.65. The third-order valence-electron chi connectivity index (χ3n) is 2.37. The van der Waals surface area contributed by atoms with Crippen molar-refractivity contribution in [3.05, 3.63) is 23.5 Å². The van der Waals surface area contributed by atoms with Gasteiger partial charge < -0.3 is 20.1 Å². The van der Waals surface area contributed by atoms with Crippen LogP contribution >= 0.6 is 0 Å². The molecule has 1 aromatic rings. The van der Waals surface area contributed by atoms with E-state index in [1.807, 2.05) is 10.8 Å². The highest BCUT2D eigenvalue weighted by atomic mass is 19.4. The van der Waals surface area contributed by atoms with Crippen molar-refractivity contribution in [1.82, 2.24) is 9.88 Å². The van der Waals surface area contributed by atoms with Crippen molar-refractivity contribution in [2.75, 3.05) is 6.54 Å². The Balaban J connectivity index is 0.000000224. The molecule has 6 nitrogen and oxygen atoms in total. The minimum atomic E-state index is -5.08. The van der Waals surface area contributed by atoms with Gasteiger partial charge in [0.05, 0.1) is 5.56 Å². The molecule has 0 spiro atoms. The van der Waals surface area contributed by atoms with Gasteiger partial charge in [-0.1, -0.05) is 0 Å². The molecule has 0 saturated carbocycles. The Kier molecular flexibility index (Phi) is 4.54. The average molecular weight is 280 g/mol. The maximum Gasteiger partial charge on any atom is 0.490 e. The molecule has 9 heteroatoms. The number of aromatic carboxylic acids is 1. The van der Waals surface area contributed by atoms with Crippen LogP contribution in [0, 0.1) is 0 Å². The highest BCUT2D eigenvalue weighted by molar-refractivity contribution is 5.89. The van der Waals surface area contributed by atoms with Crippen LogP contribution in [0.1, 0.15) is 16.1 Å². The zero-order chi connectivity index (χ0) is 14.6. The van der Waals surface area contributed by atoms with Crippen molar-refractivity contribution in [2.45, 2.75) is 19.3 Å². The number of aromatic nitrogens is 1. The number of aliphatic carboxylic acids is 1. The van der Waals surface area contributed by atoms with E-state index in [2.05, 4.69) is 5.32 Å². The first-order valence-electron chi connectivity index (χ1n) is 5.15. The summed E-state index contributed by atoms with van der Waals surface area (Å²) in [5.74, 6) is -3.60. The molecule has 1 aliphatic heterocycles. The number of carboxylic acids is 2. The van der Waals surface area contributed by atoms with E-state index in [9.17, 15) is 18.0 Å². The van der Waals surface area contributed by atoms with E-state index >= 15 is 0 Å². The molecule has 1 aliphatic rings. The fourth-order valence-corrected chi connectivity index (χ4v) is 1.51. The highest BCUT2D eigenvalue weighted by Gasteiger charge is 2.38. The smallest absolute Gasteiger partial charge is 0.478 e. The largest absolute Gasteiger partial charge is 0.490 e. The summed E-state index contributed by atoms with van der Waals surface area (Å²) in [6, 6.07) is 1.66. The molecular formula is C10H11F3N2O4. The summed E-state index contributed by atoms with van der Waals surface area (Å²) in [6.07, 6.45) is -3.25. The maximum absolute atomic E-state index is 10.7. The van der Waals surface area contributed by atoms with Crippen LogP contribution in [0.15, 0.2) is 12.3 Å². The zero-order valence-electron chi connectivity index (χ0n) is 9.57. The third kappa shape index (κ3) is 3.98. The first-order chi connectivity index (χ1) is 8.73. The van der Waals surface area contributed by atoms with Crippen molar-refractivity contribution in [3.8, 4) is 0 Å². The van der Waals surface area contributed by atoms with Crippen LogP contribution < -0.4 is 5.32 Å². The molecule has 2 rings (SSSR count). The van der Waals surface area contributed by atoms with E-state index in [1.54, 1.807) is 6.07 Å². The number of hydrogen-bond donors (Lipinski definition) is 3. The molecular weight excluding hydrogens is 269 g/mol. The summed E-state index contributed by atoms with van der Waals surface area (Å²) in [5, 5.41) is 19.1. The van der Waals surface area contributed by atoms with Gasteiger partial charge in [-0.15, -0.1) is 0 Å². The molecule has 106 valence electrons. The zero-order valence-corrected chi connectivity index (χ0v) is 9.57. The molecule has 2 heterocycles.